The van der Waals surface area contributed by atoms with E-state index in [2.05, 4.69) is 10.1 Å². The molecule has 20 heavy (non-hydrogen) atoms. The van der Waals surface area contributed by atoms with Gasteiger partial charge < -0.3 is 0 Å². The number of carbonyl (C=O) groups is 1. The molecule has 1 aromatic heterocycles. The molecule has 1 unspecified atom stereocenters. The number of carbonyl (C=O) groups excluding carboxylic acids is 1. The van der Waals surface area contributed by atoms with Gasteiger partial charge in [-0.25, -0.2) is 9.67 Å². The first-order valence-electron chi connectivity index (χ1n) is 6.13. The zero-order valence-corrected chi connectivity index (χ0v) is 11.2. The van der Waals surface area contributed by atoms with Crippen LogP contribution in [-0.4, -0.2) is 25.5 Å². The summed E-state index contributed by atoms with van der Waals surface area (Å²) in [7, 11) is 0. The minimum absolute atomic E-state index is 0.00404. The summed E-state index contributed by atoms with van der Waals surface area (Å²) in [6, 6.07) is 6.05. The second-order valence-electron chi connectivity index (χ2n) is 4.61. The maximum atomic E-state index is 11.1. The van der Waals surface area contributed by atoms with Gasteiger partial charge in [-0.15, -0.1) is 0 Å². The lowest BCUT2D eigenvalue weighted by molar-refractivity contribution is -0.384. The van der Waals surface area contributed by atoms with Gasteiger partial charge >= 0.3 is 0 Å². The molecule has 0 spiro atoms. The Hall–Kier alpha value is -2.57. The third-order valence-corrected chi connectivity index (χ3v) is 2.86. The molecule has 0 aliphatic rings. The Balaban J connectivity index is 2.26. The van der Waals surface area contributed by atoms with E-state index >= 15 is 0 Å². The van der Waals surface area contributed by atoms with Gasteiger partial charge in [0.25, 0.3) is 5.69 Å². The molecule has 0 saturated heterocycles. The van der Waals surface area contributed by atoms with E-state index in [1.54, 1.807) is 16.8 Å². The van der Waals surface area contributed by atoms with Crippen molar-refractivity contribution in [2.24, 2.45) is 0 Å². The summed E-state index contributed by atoms with van der Waals surface area (Å²) in [6.07, 6.45) is 1.90. The fourth-order valence-corrected chi connectivity index (χ4v) is 1.89. The molecule has 0 amide bonds. The first kappa shape index (κ1) is 13.9. The lowest BCUT2D eigenvalue weighted by Crippen LogP contribution is -2.09. The molecule has 1 aromatic carbocycles. The topological polar surface area (TPSA) is 90.9 Å². The monoisotopic (exact) mass is 274 g/mol. The zero-order valence-electron chi connectivity index (χ0n) is 11.2. The highest BCUT2D eigenvalue weighted by Gasteiger charge is 2.13. The molecular weight excluding hydrogens is 260 g/mol. The van der Waals surface area contributed by atoms with Crippen LogP contribution in [0.3, 0.4) is 0 Å². The predicted octanol–water partition coefficient (Wildman–Crippen LogP) is 2.39. The highest BCUT2D eigenvalue weighted by molar-refractivity contribution is 5.75. The van der Waals surface area contributed by atoms with E-state index in [1.165, 1.54) is 25.4 Å². The van der Waals surface area contributed by atoms with Crippen LogP contribution in [0.5, 0.6) is 0 Å². The van der Waals surface area contributed by atoms with Gasteiger partial charge in [0, 0.05) is 24.1 Å². The van der Waals surface area contributed by atoms with Crippen LogP contribution < -0.4 is 0 Å². The highest BCUT2D eigenvalue weighted by atomic mass is 16.6. The Morgan fingerprint density at radius 3 is 2.90 bits per heavy atom. The number of ketones is 1. The standard InChI is InChI=1S/C13H14N4O3/c1-9(6-10(2)18)16-8-14-13(15-16)11-4-3-5-12(7-11)17(19)20/h3-5,7-9H,6H2,1-2H3. The quantitative estimate of drug-likeness (QED) is 0.616. The summed E-state index contributed by atoms with van der Waals surface area (Å²) in [5.74, 6) is 0.481. The normalized spacial score (nSPS) is 12.1. The van der Waals surface area contributed by atoms with Crippen molar-refractivity contribution in [3.63, 3.8) is 0 Å². The molecule has 2 rings (SSSR count). The predicted molar refractivity (Wildman–Crippen MR) is 72.1 cm³/mol. The van der Waals surface area contributed by atoms with Crippen LogP contribution in [0.1, 0.15) is 26.3 Å². The summed E-state index contributed by atoms with van der Waals surface area (Å²) in [4.78, 5) is 25.5. The number of aromatic nitrogens is 3. The lowest BCUT2D eigenvalue weighted by Gasteiger charge is -2.08. The molecule has 7 nitrogen and oxygen atoms in total. The van der Waals surface area contributed by atoms with E-state index in [0.29, 0.717) is 17.8 Å². The van der Waals surface area contributed by atoms with Gasteiger partial charge in [0.2, 0.25) is 0 Å². The minimum atomic E-state index is -0.459. The summed E-state index contributed by atoms with van der Waals surface area (Å²) >= 11 is 0. The van der Waals surface area contributed by atoms with E-state index in [1.807, 2.05) is 6.92 Å². The number of nitrogens with zero attached hydrogens (tertiary/aromatic N) is 4. The fourth-order valence-electron chi connectivity index (χ4n) is 1.89. The van der Waals surface area contributed by atoms with Crippen LogP contribution in [0.25, 0.3) is 11.4 Å². The summed E-state index contributed by atoms with van der Waals surface area (Å²) in [5, 5.41) is 15.0. The summed E-state index contributed by atoms with van der Waals surface area (Å²) < 4.78 is 1.59. The van der Waals surface area contributed by atoms with E-state index < -0.39 is 4.92 Å². The van der Waals surface area contributed by atoms with Gasteiger partial charge in [-0.2, -0.15) is 5.10 Å². The SMILES string of the molecule is CC(=O)CC(C)n1cnc(-c2cccc([N+](=O)[O-])c2)n1. The summed E-state index contributed by atoms with van der Waals surface area (Å²) in [5.41, 5.74) is 0.573. The molecular formula is C13H14N4O3. The Kier molecular flexibility index (Phi) is 3.88. The number of hydrogen-bond acceptors (Lipinski definition) is 5. The van der Waals surface area contributed by atoms with Gasteiger partial charge in [-0.3, -0.25) is 14.9 Å². The molecule has 1 atom stereocenters. The van der Waals surface area contributed by atoms with Crippen molar-refractivity contribution in [2.45, 2.75) is 26.3 Å². The van der Waals surface area contributed by atoms with Crippen LogP contribution in [0, 0.1) is 10.1 Å². The Morgan fingerprint density at radius 1 is 1.50 bits per heavy atom. The Labute approximate surface area is 115 Å². The molecule has 2 aromatic rings. The highest BCUT2D eigenvalue weighted by Crippen LogP contribution is 2.21. The molecule has 104 valence electrons. The second kappa shape index (κ2) is 5.60. The summed E-state index contributed by atoms with van der Waals surface area (Å²) in [6.45, 7) is 3.39. The Bertz CT molecular complexity index is 651. The van der Waals surface area contributed by atoms with Crippen molar-refractivity contribution >= 4 is 11.5 Å². The maximum Gasteiger partial charge on any atom is 0.270 e. The number of nitro groups is 1. The first-order valence-corrected chi connectivity index (χ1v) is 6.13. The smallest absolute Gasteiger partial charge is 0.270 e. The van der Waals surface area contributed by atoms with Crippen LogP contribution in [0.2, 0.25) is 0 Å². The second-order valence-corrected chi connectivity index (χ2v) is 4.61. The van der Waals surface area contributed by atoms with E-state index in [9.17, 15) is 14.9 Å². The number of Topliss-reactive ketones (excluding diaryl/α,β-unsaturated/α-hetero) is 1. The molecule has 0 N–H and O–H groups in total. The van der Waals surface area contributed by atoms with Gasteiger partial charge in [0.1, 0.15) is 12.1 Å². The van der Waals surface area contributed by atoms with Gasteiger partial charge in [-0.05, 0) is 13.8 Å². The molecule has 0 bridgehead atoms. The molecule has 0 radical (unpaired) electrons. The van der Waals surface area contributed by atoms with Crippen molar-refractivity contribution in [1.82, 2.24) is 14.8 Å². The number of non-ortho nitro benzene ring substituents is 1. The van der Waals surface area contributed by atoms with Crippen molar-refractivity contribution in [2.75, 3.05) is 0 Å². The fraction of sp³-hybridized carbons (Fsp3) is 0.308. The first-order chi connectivity index (χ1) is 9.47. The van der Waals surface area contributed by atoms with Crippen molar-refractivity contribution in [1.29, 1.82) is 0 Å². The van der Waals surface area contributed by atoms with Crippen molar-refractivity contribution in [3.05, 3.63) is 40.7 Å². The molecule has 0 aliphatic heterocycles. The van der Waals surface area contributed by atoms with Gasteiger partial charge in [0.15, 0.2) is 5.82 Å². The molecule has 1 heterocycles. The van der Waals surface area contributed by atoms with Gasteiger partial charge in [0.05, 0.1) is 11.0 Å². The largest absolute Gasteiger partial charge is 0.300 e. The average molecular weight is 274 g/mol. The molecule has 0 fully saturated rings. The Morgan fingerprint density at radius 2 is 2.25 bits per heavy atom. The number of hydrogen-bond donors (Lipinski definition) is 0. The van der Waals surface area contributed by atoms with E-state index in [0.717, 1.165) is 0 Å². The number of nitro benzene ring substituents is 1. The zero-order chi connectivity index (χ0) is 14.7. The van der Waals surface area contributed by atoms with Gasteiger partial charge in [-0.1, -0.05) is 12.1 Å². The number of benzene rings is 1. The van der Waals surface area contributed by atoms with E-state index in [-0.39, 0.29) is 17.5 Å². The van der Waals surface area contributed by atoms with Crippen LogP contribution in [0.4, 0.5) is 5.69 Å². The number of rotatable bonds is 5. The molecule has 0 aliphatic carbocycles. The average Bonchev–Trinajstić information content (AvgIpc) is 2.87. The van der Waals surface area contributed by atoms with Crippen molar-refractivity contribution in [3.8, 4) is 11.4 Å². The lowest BCUT2D eigenvalue weighted by atomic mass is 10.2. The molecule has 0 saturated carbocycles. The minimum Gasteiger partial charge on any atom is -0.300 e. The third kappa shape index (κ3) is 3.05. The van der Waals surface area contributed by atoms with E-state index in [4.69, 9.17) is 0 Å². The third-order valence-electron chi connectivity index (χ3n) is 2.86. The maximum absolute atomic E-state index is 11.1. The van der Waals surface area contributed by atoms with Crippen LogP contribution in [0.15, 0.2) is 30.6 Å². The van der Waals surface area contributed by atoms with Crippen molar-refractivity contribution < 1.29 is 9.72 Å². The molecule has 7 heteroatoms. The van der Waals surface area contributed by atoms with Crippen LogP contribution >= 0.6 is 0 Å². The van der Waals surface area contributed by atoms with Crippen LogP contribution in [-0.2, 0) is 4.79 Å².